The minimum Gasteiger partial charge on any atom is -0.508 e. The number of rotatable bonds is 2. The minimum atomic E-state index is -0.255. The van der Waals surface area contributed by atoms with Crippen LogP contribution in [0.3, 0.4) is 0 Å². The largest absolute Gasteiger partial charge is 0.508 e. The van der Waals surface area contributed by atoms with Gasteiger partial charge in [0.1, 0.15) is 11.5 Å². The van der Waals surface area contributed by atoms with Crippen LogP contribution in [0.25, 0.3) is 16.9 Å². The number of aromatic amines is 1. The first kappa shape index (κ1) is 13.5. The maximum Gasteiger partial charge on any atom is 0.271 e. The highest BCUT2D eigenvalue weighted by molar-refractivity contribution is 9.10. The van der Waals surface area contributed by atoms with Crippen LogP contribution < -0.4 is 5.56 Å². The summed E-state index contributed by atoms with van der Waals surface area (Å²) in [6, 6.07) is 12.7. The lowest BCUT2D eigenvalue weighted by molar-refractivity contribution is 0.461. The summed E-state index contributed by atoms with van der Waals surface area (Å²) in [4.78, 5) is 12.1. The fourth-order valence-corrected chi connectivity index (χ4v) is 2.32. The number of aromatic hydroxyl groups is 2. The number of aromatic nitrogens is 2. The molecule has 3 aromatic rings. The van der Waals surface area contributed by atoms with Gasteiger partial charge in [-0.2, -0.15) is 0 Å². The summed E-state index contributed by atoms with van der Waals surface area (Å²) < 4.78 is 2.28. The molecule has 21 heavy (non-hydrogen) atoms. The number of H-pyrrole nitrogens is 1. The van der Waals surface area contributed by atoms with Gasteiger partial charge in [0.05, 0.1) is 11.4 Å². The molecule has 3 rings (SSSR count). The first-order valence-electron chi connectivity index (χ1n) is 6.15. The van der Waals surface area contributed by atoms with Crippen LogP contribution in [0.4, 0.5) is 0 Å². The second-order valence-corrected chi connectivity index (χ2v) is 5.44. The third kappa shape index (κ3) is 2.57. The van der Waals surface area contributed by atoms with E-state index >= 15 is 0 Å². The lowest BCUT2D eigenvalue weighted by atomic mass is 10.1. The third-order valence-electron chi connectivity index (χ3n) is 3.08. The number of halogens is 1. The van der Waals surface area contributed by atoms with Crippen LogP contribution in [0, 0.1) is 0 Å². The van der Waals surface area contributed by atoms with Crippen LogP contribution >= 0.6 is 15.9 Å². The van der Waals surface area contributed by atoms with Gasteiger partial charge < -0.3 is 10.2 Å². The Hall–Kier alpha value is -2.47. The molecular weight excluding hydrogens is 336 g/mol. The maximum atomic E-state index is 12.1. The molecule has 5 nitrogen and oxygen atoms in total. The molecule has 1 aromatic heterocycles. The summed E-state index contributed by atoms with van der Waals surface area (Å²) in [7, 11) is 0. The molecule has 0 aliphatic heterocycles. The molecule has 0 unspecified atom stereocenters. The Labute approximate surface area is 128 Å². The van der Waals surface area contributed by atoms with Crippen molar-refractivity contribution in [2.45, 2.75) is 0 Å². The van der Waals surface area contributed by atoms with E-state index < -0.39 is 0 Å². The SMILES string of the molecule is O=c1cc(-c2cc(O)ccc2O)[nH]n1-c1ccc(Br)cc1. The van der Waals surface area contributed by atoms with Crippen molar-refractivity contribution < 1.29 is 10.2 Å². The van der Waals surface area contributed by atoms with Gasteiger partial charge in [0.15, 0.2) is 0 Å². The van der Waals surface area contributed by atoms with E-state index in [2.05, 4.69) is 21.0 Å². The number of hydrogen-bond acceptors (Lipinski definition) is 3. The van der Waals surface area contributed by atoms with Crippen molar-refractivity contribution in [1.29, 1.82) is 0 Å². The van der Waals surface area contributed by atoms with E-state index in [0.717, 1.165) is 4.47 Å². The molecule has 0 saturated heterocycles. The standard InChI is InChI=1S/C15H11BrN2O3/c16-9-1-3-10(4-2-9)18-15(21)8-13(17-18)12-7-11(19)5-6-14(12)20/h1-8,17,19-20H. The zero-order valence-electron chi connectivity index (χ0n) is 10.7. The molecule has 0 amide bonds. The van der Waals surface area contributed by atoms with Gasteiger partial charge in [-0.25, -0.2) is 4.68 Å². The number of phenols is 2. The predicted molar refractivity (Wildman–Crippen MR) is 82.9 cm³/mol. The molecule has 0 bridgehead atoms. The number of benzene rings is 2. The van der Waals surface area contributed by atoms with Gasteiger partial charge in [-0.15, -0.1) is 0 Å². The Morgan fingerprint density at radius 3 is 2.43 bits per heavy atom. The Morgan fingerprint density at radius 2 is 1.71 bits per heavy atom. The molecule has 1 heterocycles. The first-order valence-corrected chi connectivity index (χ1v) is 6.94. The summed E-state index contributed by atoms with van der Waals surface area (Å²) in [5.74, 6) is -0.00273. The summed E-state index contributed by atoms with van der Waals surface area (Å²) >= 11 is 3.34. The first-order chi connectivity index (χ1) is 10.0. The van der Waals surface area contributed by atoms with E-state index in [1.807, 2.05) is 12.1 Å². The third-order valence-corrected chi connectivity index (χ3v) is 3.60. The summed E-state index contributed by atoms with van der Waals surface area (Å²) in [5, 5.41) is 22.3. The highest BCUT2D eigenvalue weighted by Crippen LogP contribution is 2.30. The number of nitrogens with one attached hydrogen (secondary N) is 1. The van der Waals surface area contributed by atoms with Crippen LogP contribution in [-0.2, 0) is 0 Å². The fourth-order valence-electron chi connectivity index (χ4n) is 2.06. The molecule has 6 heteroatoms. The molecule has 0 aliphatic rings. The lowest BCUT2D eigenvalue weighted by Gasteiger charge is -2.04. The van der Waals surface area contributed by atoms with Crippen molar-refractivity contribution in [3.05, 3.63) is 63.4 Å². The number of phenolic OH excluding ortho intramolecular Hbond substituents is 2. The smallest absolute Gasteiger partial charge is 0.271 e. The van der Waals surface area contributed by atoms with Crippen molar-refractivity contribution in [2.24, 2.45) is 0 Å². The van der Waals surface area contributed by atoms with Crippen molar-refractivity contribution in [3.63, 3.8) is 0 Å². The summed E-state index contributed by atoms with van der Waals surface area (Å²) in [5.41, 5.74) is 1.21. The molecule has 0 radical (unpaired) electrons. The maximum absolute atomic E-state index is 12.1. The van der Waals surface area contributed by atoms with E-state index in [1.54, 1.807) is 12.1 Å². The lowest BCUT2D eigenvalue weighted by Crippen LogP contribution is -2.13. The van der Waals surface area contributed by atoms with Crippen LogP contribution in [0.5, 0.6) is 11.5 Å². The van der Waals surface area contributed by atoms with E-state index in [0.29, 0.717) is 16.9 Å². The van der Waals surface area contributed by atoms with Crippen LogP contribution in [0.2, 0.25) is 0 Å². The second kappa shape index (κ2) is 5.14. The Bertz CT molecular complexity index is 850. The highest BCUT2D eigenvalue weighted by Gasteiger charge is 2.11. The van der Waals surface area contributed by atoms with Gasteiger partial charge in [-0.05, 0) is 42.5 Å². The minimum absolute atomic E-state index is 0.0139. The van der Waals surface area contributed by atoms with Gasteiger partial charge in [0, 0.05) is 16.1 Å². The molecule has 106 valence electrons. The van der Waals surface area contributed by atoms with Crippen molar-refractivity contribution in [3.8, 4) is 28.4 Å². The average Bonchev–Trinajstić information content (AvgIpc) is 2.84. The van der Waals surface area contributed by atoms with Crippen molar-refractivity contribution >= 4 is 15.9 Å². The highest BCUT2D eigenvalue weighted by atomic mass is 79.9. The number of nitrogens with zero attached hydrogens (tertiary/aromatic N) is 1. The van der Waals surface area contributed by atoms with E-state index in [-0.39, 0.29) is 17.1 Å². The Balaban J connectivity index is 2.11. The van der Waals surface area contributed by atoms with Crippen molar-refractivity contribution in [1.82, 2.24) is 9.78 Å². The summed E-state index contributed by atoms with van der Waals surface area (Å²) in [6.45, 7) is 0. The second-order valence-electron chi connectivity index (χ2n) is 4.52. The van der Waals surface area contributed by atoms with Crippen LogP contribution in [-0.4, -0.2) is 20.0 Å². The zero-order chi connectivity index (χ0) is 15.0. The van der Waals surface area contributed by atoms with Gasteiger partial charge in [0.2, 0.25) is 0 Å². The van der Waals surface area contributed by atoms with E-state index in [4.69, 9.17) is 0 Å². The zero-order valence-corrected chi connectivity index (χ0v) is 12.3. The molecule has 0 atom stereocenters. The Morgan fingerprint density at radius 1 is 1.00 bits per heavy atom. The van der Waals surface area contributed by atoms with Crippen LogP contribution in [0.15, 0.2) is 57.8 Å². The van der Waals surface area contributed by atoms with Gasteiger partial charge in [-0.1, -0.05) is 15.9 Å². The average molecular weight is 347 g/mol. The topological polar surface area (TPSA) is 78.2 Å². The predicted octanol–water partition coefficient (Wildman–Crippen LogP) is 3.01. The van der Waals surface area contributed by atoms with Crippen LogP contribution in [0.1, 0.15) is 0 Å². The fraction of sp³-hybridized carbons (Fsp3) is 0. The van der Waals surface area contributed by atoms with Gasteiger partial charge in [0.25, 0.3) is 5.56 Å². The van der Waals surface area contributed by atoms with Crippen molar-refractivity contribution in [2.75, 3.05) is 0 Å². The van der Waals surface area contributed by atoms with Gasteiger partial charge in [-0.3, -0.25) is 9.89 Å². The summed E-state index contributed by atoms with van der Waals surface area (Å²) in [6.07, 6.45) is 0. The molecule has 0 spiro atoms. The molecule has 0 saturated carbocycles. The quantitative estimate of drug-likeness (QED) is 0.624. The molecule has 2 aromatic carbocycles. The van der Waals surface area contributed by atoms with E-state index in [1.165, 1.54) is 28.9 Å². The van der Waals surface area contributed by atoms with E-state index in [9.17, 15) is 15.0 Å². The monoisotopic (exact) mass is 346 g/mol. The molecular formula is C15H11BrN2O3. The Kier molecular flexibility index (Phi) is 3.31. The van der Waals surface area contributed by atoms with Gasteiger partial charge >= 0.3 is 0 Å². The molecule has 0 fully saturated rings. The molecule has 3 N–H and O–H groups in total. The number of hydrogen-bond donors (Lipinski definition) is 3. The molecule has 0 aliphatic carbocycles. The normalized spacial score (nSPS) is 10.7.